The van der Waals surface area contributed by atoms with Crippen LogP contribution < -0.4 is 11.2 Å². The maximum Gasteiger partial charge on any atom is 0.325 e. The maximum absolute atomic E-state index is 11.1. The highest BCUT2D eigenvalue weighted by Crippen LogP contribution is 2.16. The molecule has 4 nitrogen and oxygen atoms in total. The molecule has 0 aliphatic carbocycles. The normalized spacial score (nSPS) is 10.3. The van der Waals surface area contributed by atoms with Gasteiger partial charge in [0.05, 0.1) is 0 Å². The monoisotopic (exact) mass is 236 g/mol. The van der Waals surface area contributed by atoms with Gasteiger partial charge in [-0.25, -0.2) is 4.79 Å². The minimum absolute atomic E-state index is 0.411. The highest BCUT2D eigenvalue weighted by molar-refractivity contribution is 6.31. The van der Waals surface area contributed by atoms with E-state index in [0.717, 1.165) is 5.56 Å². The molecule has 1 aromatic carbocycles. The second-order valence-electron chi connectivity index (χ2n) is 3.38. The first-order chi connectivity index (χ1) is 7.65. The van der Waals surface area contributed by atoms with E-state index in [2.05, 4.69) is 9.97 Å². The van der Waals surface area contributed by atoms with E-state index in [4.69, 9.17) is 11.6 Å². The van der Waals surface area contributed by atoms with E-state index in [0.29, 0.717) is 17.1 Å². The summed E-state index contributed by atoms with van der Waals surface area (Å²) in [6, 6.07) is 8.65. The van der Waals surface area contributed by atoms with Crippen molar-refractivity contribution in [2.45, 2.75) is 6.42 Å². The van der Waals surface area contributed by atoms with Crippen molar-refractivity contribution in [1.82, 2.24) is 9.97 Å². The molecular weight excluding hydrogens is 228 g/mol. The van der Waals surface area contributed by atoms with Crippen LogP contribution in [0.5, 0.6) is 0 Å². The average molecular weight is 237 g/mol. The van der Waals surface area contributed by atoms with Crippen LogP contribution in [-0.4, -0.2) is 9.97 Å². The zero-order chi connectivity index (χ0) is 11.5. The third-order valence-corrected chi connectivity index (χ3v) is 2.52. The summed E-state index contributed by atoms with van der Waals surface area (Å²) in [5.74, 6) is 0. The largest absolute Gasteiger partial charge is 0.325 e. The molecule has 0 saturated heterocycles. The van der Waals surface area contributed by atoms with Crippen LogP contribution in [0.3, 0.4) is 0 Å². The van der Waals surface area contributed by atoms with E-state index >= 15 is 0 Å². The van der Waals surface area contributed by atoms with Crippen molar-refractivity contribution in [3.05, 3.63) is 67.4 Å². The summed E-state index contributed by atoms with van der Waals surface area (Å²) in [4.78, 5) is 26.8. The third kappa shape index (κ3) is 2.41. The molecule has 0 aliphatic rings. The smallest absolute Gasteiger partial charge is 0.311 e. The number of rotatable bonds is 2. The van der Waals surface area contributed by atoms with Gasteiger partial charge in [-0.15, -0.1) is 0 Å². The second kappa shape index (κ2) is 4.37. The van der Waals surface area contributed by atoms with Gasteiger partial charge in [-0.05, 0) is 11.6 Å². The van der Waals surface area contributed by atoms with E-state index in [-0.39, 0.29) is 0 Å². The summed E-state index contributed by atoms with van der Waals surface area (Å²) >= 11 is 5.98. The van der Waals surface area contributed by atoms with Crippen LogP contribution in [0.2, 0.25) is 5.02 Å². The molecule has 0 bridgehead atoms. The fraction of sp³-hybridized carbons (Fsp3) is 0.0909. The lowest BCUT2D eigenvalue weighted by molar-refractivity contribution is 0.953. The molecule has 0 unspecified atom stereocenters. The van der Waals surface area contributed by atoms with Crippen molar-refractivity contribution in [1.29, 1.82) is 0 Å². The summed E-state index contributed by atoms with van der Waals surface area (Å²) < 4.78 is 0. The Hall–Kier alpha value is -1.81. The minimum Gasteiger partial charge on any atom is -0.311 e. The Morgan fingerprint density at radius 2 is 1.88 bits per heavy atom. The lowest BCUT2D eigenvalue weighted by Gasteiger charge is -2.03. The van der Waals surface area contributed by atoms with Crippen molar-refractivity contribution < 1.29 is 0 Å². The number of hydrogen-bond acceptors (Lipinski definition) is 2. The number of halogens is 1. The minimum atomic E-state index is -0.505. The highest BCUT2D eigenvalue weighted by atomic mass is 35.5. The first kappa shape index (κ1) is 10.7. The number of H-pyrrole nitrogens is 2. The Kier molecular flexibility index (Phi) is 2.92. The molecule has 0 saturated carbocycles. The number of nitrogens with one attached hydrogen (secondary N) is 2. The topological polar surface area (TPSA) is 65.7 Å². The van der Waals surface area contributed by atoms with E-state index in [9.17, 15) is 9.59 Å². The van der Waals surface area contributed by atoms with Crippen LogP contribution in [0.4, 0.5) is 0 Å². The average Bonchev–Trinajstić information content (AvgIpc) is 2.20. The fourth-order valence-electron chi connectivity index (χ4n) is 1.46. The molecule has 0 aliphatic heterocycles. The van der Waals surface area contributed by atoms with E-state index in [1.807, 2.05) is 18.2 Å². The molecule has 0 atom stereocenters. The molecule has 0 fully saturated rings. The Morgan fingerprint density at radius 1 is 1.12 bits per heavy atom. The zero-order valence-electron chi connectivity index (χ0n) is 8.29. The van der Waals surface area contributed by atoms with Crippen LogP contribution in [0.15, 0.2) is 39.9 Å². The van der Waals surface area contributed by atoms with E-state index < -0.39 is 11.2 Å². The van der Waals surface area contributed by atoms with Crippen molar-refractivity contribution in [3.63, 3.8) is 0 Å². The van der Waals surface area contributed by atoms with E-state index in [1.54, 1.807) is 6.07 Å². The van der Waals surface area contributed by atoms with E-state index in [1.165, 1.54) is 6.07 Å². The predicted molar refractivity (Wildman–Crippen MR) is 61.9 cm³/mol. The van der Waals surface area contributed by atoms with Gasteiger partial charge in [0.15, 0.2) is 0 Å². The second-order valence-corrected chi connectivity index (χ2v) is 3.79. The highest BCUT2D eigenvalue weighted by Gasteiger charge is 2.02. The number of aromatic nitrogens is 2. The Balaban J connectivity index is 2.38. The summed E-state index contributed by atoms with van der Waals surface area (Å²) in [5, 5.41) is 0.614. The van der Waals surface area contributed by atoms with Crippen molar-refractivity contribution in [2.75, 3.05) is 0 Å². The molecule has 2 N–H and O–H groups in total. The van der Waals surface area contributed by atoms with Crippen LogP contribution in [0.25, 0.3) is 0 Å². The molecule has 1 aromatic heterocycles. The SMILES string of the molecule is O=c1cc(Cc2ccccc2Cl)[nH]c(=O)[nH]1. The lowest BCUT2D eigenvalue weighted by Crippen LogP contribution is -2.23. The van der Waals surface area contributed by atoms with Crippen LogP contribution in [0, 0.1) is 0 Å². The number of benzene rings is 1. The number of aromatic amines is 2. The zero-order valence-corrected chi connectivity index (χ0v) is 9.04. The van der Waals surface area contributed by atoms with Crippen LogP contribution in [-0.2, 0) is 6.42 Å². The molecule has 1 heterocycles. The summed E-state index contributed by atoms with van der Waals surface area (Å²) in [5.41, 5.74) is 0.493. The van der Waals surface area contributed by atoms with Gasteiger partial charge in [-0.2, -0.15) is 0 Å². The van der Waals surface area contributed by atoms with Gasteiger partial charge in [0, 0.05) is 23.2 Å². The van der Waals surface area contributed by atoms with Crippen molar-refractivity contribution in [2.24, 2.45) is 0 Å². The van der Waals surface area contributed by atoms with Gasteiger partial charge in [0.2, 0.25) is 0 Å². The maximum atomic E-state index is 11.1. The van der Waals surface area contributed by atoms with Gasteiger partial charge in [-0.1, -0.05) is 29.8 Å². The summed E-state index contributed by atoms with van der Waals surface area (Å²) in [6.07, 6.45) is 0.429. The predicted octanol–water partition coefficient (Wildman–Crippen LogP) is 1.31. The Morgan fingerprint density at radius 3 is 2.56 bits per heavy atom. The van der Waals surface area contributed by atoms with Crippen LogP contribution >= 0.6 is 11.6 Å². The van der Waals surface area contributed by atoms with Gasteiger partial charge in [0.25, 0.3) is 5.56 Å². The fourth-order valence-corrected chi connectivity index (χ4v) is 1.66. The molecular formula is C11H9ClN2O2. The third-order valence-electron chi connectivity index (χ3n) is 2.15. The quantitative estimate of drug-likeness (QED) is 0.826. The molecule has 82 valence electrons. The molecule has 16 heavy (non-hydrogen) atoms. The van der Waals surface area contributed by atoms with Crippen molar-refractivity contribution in [3.8, 4) is 0 Å². The van der Waals surface area contributed by atoms with Gasteiger partial charge in [-0.3, -0.25) is 9.78 Å². The molecule has 5 heteroatoms. The first-order valence-electron chi connectivity index (χ1n) is 4.71. The van der Waals surface area contributed by atoms with Gasteiger partial charge < -0.3 is 4.98 Å². The van der Waals surface area contributed by atoms with Crippen molar-refractivity contribution >= 4 is 11.6 Å². The van der Waals surface area contributed by atoms with Gasteiger partial charge >= 0.3 is 5.69 Å². The Bertz CT molecular complexity index is 587. The molecule has 2 aromatic rings. The number of hydrogen-bond donors (Lipinski definition) is 2. The molecule has 2 rings (SSSR count). The first-order valence-corrected chi connectivity index (χ1v) is 5.09. The van der Waals surface area contributed by atoms with Crippen LogP contribution in [0.1, 0.15) is 11.3 Å². The van der Waals surface area contributed by atoms with Gasteiger partial charge in [0.1, 0.15) is 0 Å². The molecule has 0 amide bonds. The standard InChI is InChI=1S/C11H9ClN2O2/c12-9-4-2-1-3-7(9)5-8-6-10(15)14-11(16)13-8/h1-4,6H,5H2,(H2,13,14,15,16). The Labute approximate surface area is 95.9 Å². The summed E-state index contributed by atoms with van der Waals surface area (Å²) in [7, 11) is 0. The summed E-state index contributed by atoms with van der Waals surface area (Å²) in [6.45, 7) is 0. The molecule has 0 radical (unpaired) electrons. The lowest BCUT2D eigenvalue weighted by atomic mass is 10.1. The molecule has 0 spiro atoms.